The van der Waals surface area contributed by atoms with E-state index < -0.39 is 12.0 Å². The van der Waals surface area contributed by atoms with Gasteiger partial charge in [0.2, 0.25) is 0 Å². The monoisotopic (exact) mass is 509 g/mol. The third-order valence-corrected chi connectivity index (χ3v) is 7.93. The minimum Gasteiger partial charge on any atom is -0.374 e. The molecule has 0 saturated carbocycles. The molecule has 6 rings (SSSR count). The number of likely N-dealkylation sites (tertiary alicyclic amines) is 1. The van der Waals surface area contributed by atoms with Gasteiger partial charge in [-0.25, -0.2) is 9.37 Å². The van der Waals surface area contributed by atoms with Gasteiger partial charge in [-0.2, -0.15) is 0 Å². The largest absolute Gasteiger partial charge is 0.374 e. The second-order valence-corrected chi connectivity index (χ2v) is 10.4. The zero-order chi connectivity index (χ0) is 25.1. The van der Waals surface area contributed by atoms with Crippen LogP contribution in [0.2, 0.25) is 5.02 Å². The zero-order valence-electron chi connectivity index (χ0n) is 20.6. The van der Waals surface area contributed by atoms with E-state index in [1.165, 1.54) is 6.07 Å². The molecule has 0 spiro atoms. The van der Waals surface area contributed by atoms with Crippen LogP contribution < -0.4 is 4.90 Å². The summed E-state index contributed by atoms with van der Waals surface area (Å²) in [6.45, 7) is 5.80. The predicted molar refractivity (Wildman–Crippen MR) is 138 cm³/mol. The number of imidazole rings is 1. The van der Waals surface area contributed by atoms with Crippen molar-refractivity contribution in [1.82, 2.24) is 19.6 Å². The van der Waals surface area contributed by atoms with Crippen molar-refractivity contribution < 1.29 is 14.0 Å². The van der Waals surface area contributed by atoms with E-state index in [9.17, 15) is 9.50 Å². The summed E-state index contributed by atoms with van der Waals surface area (Å²) in [6, 6.07) is 11.1. The number of halogens is 2. The quantitative estimate of drug-likeness (QED) is 0.384. The maximum atomic E-state index is 14.4. The Hall–Kier alpha value is -2.94. The molecule has 4 aromatic rings. The molecule has 0 radical (unpaired) electrons. The average Bonchev–Trinajstić information content (AvgIpc) is 3.61. The van der Waals surface area contributed by atoms with Gasteiger partial charge in [0.05, 0.1) is 27.8 Å². The summed E-state index contributed by atoms with van der Waals surface area (Å²) in [7, 11) is 2.14. The van der Waals surface area contributed by atoms with Crippen LogP contribution in [0.25, 0.3) is 22.2 Å². The van der Waals surface area contributed by atoms with Gasteiger partial charge in [-0.3, -0.25) is 0 Å². The zero-order valence-corrected chi connectivity index (χ0v) is 21.3. The molecule has 36 heavy (non-hydrogen) atoms. The maximum absolute atomic E-state index is 14.4. The van der Waals surface area contributed by atoms with Crippen molar-refractivity contribution in [2.24, 2.45) is 0 Å². The molecule has 2 unspecified atom stereocenters. The van der Waals surface area contributed by atoms with E-state index in [4.69, 9.17) is 21.1 Å². The van der Waals surface area contributed by atoms with E-state index in [0.29, 0.717) is 18.5 Å². The fourth-order valence-electron chi connectivity index (χ4n) is 5.95. The van der Waals surface area contributed by atoms with Gasteiger partial charge in [0.1, 0.15) is 23.6 Å². The van der Waals surface area contributed by atoms with Crippen LogP contribution in [-0.4, -0.2) is 51.1 Å². The molecule has 2 saturated heterocycles. The van der Waals surface area contributed by atoms with Crippen molar-refractivity contribution in [1.29, 1.82) is 0 Å². The van der Waals surface area contributed by atoms with Gasteiger partial charge in [-0.15, -0.1) is 0 Å². The van der Waals surface area contributed by atoms with Crippen molar-refractivity contribution in [2.75, 3.05) is 25.0 Å². The molecule has 9 heteroatoms. The molecular weight excluding hydrogens is 481 g/mol. The third-order valence-electron chi connectivity index (χ3n) is 7.62. The molecule has 4 heterocycles. The van der Waals surface area contributed by atoms with E-state index >= 15 is 0 Å². The van der Waals surface area contributed by atoms with Crippen LogP contribution >= 0.6 is 11.6 Å². The van der Waals surface area contributed by atoms with E-state index in [1.54, 1.807) is 12.1 Å². The normalized spacial score (nSPS) is 22.8. The Morgan fingerprint density at radius 3 is 2.64 bits per heavy atom. The molecule has 0 bridgehead atoms. The third kappa shape index (κ3) is 3.79. The van der Waals surface area contributed by atoms with Crippen molar-refractivity contribution in [3.8, 4) is 11.1 Å². The summed E-state index contributed by atoms with van der Waals surface area (Å²) in [4.78, 5) is 9.37. The minimum absolute atomic E-state index is 0.0667. The number of aliphatic hydroxyl groups excluding tert-OH is 1. The average molecular weight is 510 g/mol. The van der Waals surface area contributed by atoms with Crippen molar-refractivity contribution >= 4 is 28.3 Å². The van der Waals surface area contributed by atoms with Gasteiger partial charge in [0, 0.05) is 23.8 Å². The minimum atomic E-state index is -0.729. The van der Waals surface area contributed by atoms with Crippen molar-refractivity contribution in [3.05, 3.63) is 64.5 Å². The Kier molecular flexibility index (Phi) is 5.78. The number of aromatic nitrogens is 3. The summed E-state index contributed by atoms with van der Waals surface area (Å²) >= 11 is 5.95. The number of likely N-dealkylation sites (N-methyl/N-ethyl adjacent to an activating group) is 1. The van der Waals surface area contributed by atoms with E-state index in [1.807, 2.05) is 18.7 Å². The Bertz CT molecular complexity index is 1430. The second kappa shape index (κ2) is 8.87. The van der Waals surface area contributed by atoms with Gasteiger partial charge in [-0.1, -0.05) is 22.8 Å². The maximum Gasteiger partial charge on any atom is 0.143 e. The van der Waals surface area contributed by atoms with Crippen LogP contribution in [0.5, 0.6) is 0 Å². The lowest BCUT2D eigenvalue weighted by atomic mass is 10.0. The van der Waals surface area contributed by atoms with Crippen LogP contribution in [0.1, 0.15) is 48.6 Å². The first-order valence-corrected chi connectivity index (χ1v) is 12.7. The Balaban J connectivity index is 1.50. The Morgan fingerprint density at radius 1 is 1.11 bits per heavy atom. The summed E-state index contributed by atoms with van der Waals surface area (Å²) < 4.78 is 22.1. The number of aliphatic hydroxyl groups is 1. The van der Waals surface area contributed by atoms with Crippen LogP contribution in [-0.2, 0) is 0 Å². The van der Waals surface area contributed by atoms with Crippen molar-refractivity contribution in [2.45, 2.75) is 51.4 Å². The fourth-order valence-corrected chi connectivity index (χ4v) is 6.07. The van der Waals surface area contributed by atoms with Gasteiger partial charge in [-0.05, 0) is 82.6 Å². The molecule has 2 fully saturated rings. The smallest absolute Gasteiger partial charge is 0.143 e. The second-order valence-electron chi connectivity index (χ2n) is 10.0. The highest BCUT2D eigenvalue weighted by Crippen LogP contribution is 2.43. The molecule has 0 aliphatic carbocycles. The van der Waals surface area contributed by atoms with Crippen LogP contribution in [0.3, 0.4) is 0 Å². The number of benzene rings is 2. The van der Waals surface area contributed by atoms with Gasteiger partial charge < -0.3 is 24.0 Å². The highest BCUT2D eigenvalue weighted by Gasteiger charge is 2.38. The standard InChI is InChI=1S/C27H29ClFN5O2/c1-15-26(16(2)36-31-15)17-4-7-23-22(12-17)30-27(34(23)19-10-11-32(3)14-19)24-8-9-25(35)33(24)18-5-6-20(28)21(29)13-18/h4-7,12-13,19,24-25,35H,8-11,14H2,1-3H3/t19?,24-,25?/m0/s1. The highest BCUT2D eigenvalue weighted by molar-refractivity contribution is 6.30. The fraction of sp³-hybridized carbons (Fsp3) is 0.407. The lowest BCUT2D eigenvalue weighted by Crippen LogP contribution is -2.33. The topological polar surface area (TPSA) is 70.6 Å². The lowest BCUT2D eigenvalue weighted by molar-refractivity contribution is 0.182. The van der Waals surface area contributed by atoms with Gasteiger partial charge >= 0.3 is 0 Å². The molecule has 3 atom stereocenters. The van der Waals surface area contributed by atoms with Gasteiger partial charge in [0.15, 0.2) is 0 Å². The number of fused-ring (bicyclic) bond motifs is 1. The van der Waals surface area contributed by atoms with E-state index in [0.717, 1.165) is 58.9 Å². The number of aryl methyl sites for hydroxylation is 2. The Morgan fingerprint density at radius 2 is 1.94 bits per heavy atom. The predicted octanol–water partition coefficient (Wildman–Crippen LogP) is 5.64. The Labute approximate surface area is 214 Å². The highest BCUT2D eigenvalue weighted by atomic mass is 35.5. The summed E-state index contributed by atoms with van der Waals surface area (Å²) in [5.74, 6) is 1.17. The molecular formula is C27H29ClFN5O2. The first kappa shape index (κ1) is 23.5. The molecule has 2 aromatic heterocycles. The van der Waals surface area contributed by atoms with Crippen LogP contribution in [0.4, 0.5) is 10.1 Å². The number of rotatable bonds is 4. The summed E-state index contributed by atoms with van der Waals surface area (Å²) in [5.41, 5.74) is 5.40. The van der Waals surface area contributed by atoms with Gasteiger partial charge in [0.25, 0.3) is 0 Å². The lowest BCUT2D eigenvalue weighted by Gasteiger charge is -2.31. The van der Waals surface area contributed by atoms with Crippen LogP contribution in [0.15, 0.2) is 40.9 Å². The summed E-state index contributed by atoms with van der Waals surface area (Å²) in [6.07, 6.45) is 1.58. The molecule has 2 aromatic carbocycles. The molecule has 2 aliphatic heterocycles. The number of nitrogens with zero attached hydrogens (tertiary/aromatic N) is 5. The molecule has 188 valence electrons. The van der Waals surface area contributed by atoms with E-state index in [2.05, 4.69) is 39.9 Å². The molecule has 2 aliphatic rings. The first-order valence-electron chi connectivity index (χ1n) is 12.4. The SMILES string of the molecule is Cc1noc(C)c1-c1ccc2c(c1)nc([C@@H]1CCC(O)N1c1ccc(Cl)c(F)c1)n2C1CCN(C)C1. The van der Waals surface area contributed by atoms with E-state index in [-0.39, 0.29) is 17.1 Å². The van der Waals surface area contributed by atoms with Crippen LogP contribution in [0, 0.1) is 19.7 Å². The number of hydrogen-bond acceptors (Lipinski definition) is 6. The molecule has 1 N–H and O–H groups in total. The van der Waals surface area contributed by atoms with Crippen molar-refractivity contribution in [3.63, 3.8) is 0 Å². The molecule has 7 nitrogen and oxygen atoms in total. The summed E-state index contributed by atoms with van der Waals surface area (Å²) in [5, 5.41) is 15.1. The number of anilines is 1. The first-order chi connectivity index (χ1) is 17.3. The number of hydrogen-bond donors (Lipinski definition) is 1. The molecule has 0 amide bonds.